The summed E-state index contributed by atoms with van der Waals surface area (Å²) in [5.74, 6) is -1.06. The van der Waals surface area contributed by atoms with Crippen molar-refractivity contribution in [3.8, 4) is 17.6 Å². The van der Waals surface area contributed by atoms with Crippen molar-refractivity contribution in [2.75, 3.05) is 14.2 Å². The van der Waals surface area contributed by atoms with Crippen LogP contribution in [-0.2, 0) is 9.59 Å². The molecule has 146 valence electrons. The van der Waals surface area contributed by atoms with E-state index >= 15 is 0 Å². The Morgan fingerprint density at radius 3 is 2.30 bits per heavy atom. The van der Waals surface area contributed by atoms with Crippen molar-refractivity contribution in [2.24, 2.45) is 5.92 Å². The Morgan fingerprint density at radius 2 is 1.81 bits per heavy atom. The standard InChI is InChI=1S/C19H25N3O5/c1-11(2)17(19(24)25)22-18(23)14(9-20)10-21-12(3)13-6-7-15(26-4)16(8-13)27-5/h6-8,10-12,17,21H,1-5H3,(H,22,23)(H,24,25)/b14-10-. The third-order valence-electron chi connectivity index (χ3n) is 3.97. The van der Waals surface area contributed by atoms with E-state index < -0.39 is 17.9 Å². The number of carboxylic acids is 1. The lowest BCUT2D eigenvalue weighted by Gasteiger charge is -2.18. The number of hydrogen-bond donors (Lipinski definition) is 3. The van der Waals surface area contributed by atoms with Gasteiger partial charge in [0, 0.05) is 12.2 Å². The molecule has 0 radical (unpaired) electrons. The molecule has 27 heavy (non-hydrogen) atoms. The van der Waals surface area contributed by atoms with Gasteiger partial charge in [-0.3, -0.25) is 4.79 Å². The Bertz CT molecular complexity index is 752. The molecule has 8 heteroatoms. The number of nitrogens with one attached hydrogen (secondary N) is 2. The van der Waals surface area contributed by atoms with Crippen molar-refractivity contribution in [1.82, 2.24) is 10.6 Å². The average molecular weight is 375 g/mol. The van der Waals surface area contributed by atoms with Gasteiger partial charge in [0.15, 0.2) is 11.5 Å². The Balaban J connectivity index is 2.90. The van der Waals surface area contributed by atoms with Crippen molar-refractivity contribution in [3.63, 3.8) is 0 Å². The molecule has 0 bridgehead atoms. The maximum Gasteiger partial charge on any atom is 0.326 e. The second-order valence-corrected chi connectivity index (χ2v) is 6.21. The molecule has 8 nitrogen and oxygen atoms in total. The molecule has 0 heterocycles. The predicted octanol–water partition coefficient (Wildman–Crippen LogP) is 1.99. The molecule has 0 spiro atoms. The molecule has 0 saturated heterocycles. The molecular weight excluding hydrogens is 350 g/mol. The van der Waals surface area contributed by atoms with E-state index in [2.05, 4.69) is 10.6 Å². The lowest BCUT2D eigenvalue weighted by Crippen LogP contribution is -2.44. The normalized spacial score (nSPS) is 13.3. The van der Waals surface area contributed by atoms with E-state index in [1.807, 2.05) is 13.0 Å². The van der Waals surface area contributed by atoms with Gasteiger partial charge in [0.1, 0.15) is 17.7 Å². The molecule has 0 aliphatic rings. The molecule has 1 aromatic rings. The van der Waals surface area contributed by atoms with E-state index in [0.29, 0.717) is 11.5 Å². The molecule has 2 atom stereocenters. The highest BCUT2D eigenvalue weighted by Gasteiger charge is 2.25. The van der Waals surface area contributed by atoms with Gasteiger partial charge < -0.3 is 25.2 Å². The second kappa shape index (κ2) is 10.1. The summed E-state index contributed by atoms with van der Waals surface area (Å²) < 4.78 is 10.5. The highest BCUT2D eigenvalue weighted by Crippen LogP contribution is 2.29. The summed E-state index contributed by atoms with van der Waals surface area (Å²) in [6.07, 6.45) is 1.27. The first-order chi connectivity index (χ1) is 12.7. The molecule has 0 aliphatic carbocycles. The highest BCUT2D eigenvalue weighted by molar-refractivity contribution is 5.99. The predicted molar refractivity (Wildman–Crippen MR) is 99.2 cm³/mol. The van der Waals surface area contributed by atoms with Crippen LogP contribution in [0.2, 0.25) is 0 Å². The zero-order valence-corrected chi connectivity index (χ0v) is 16.1. The lowest BCUT2D eigenvalue weighted by atomic mass is 10.0. The number of benzene rings is 1. The molecule has 0 aliphatic heterocycles. The summed E-state index contributed by atoms with van der Waals surface area (Å²) in [5.41, 5.74) is 0.640. The number of carbonyl (C=O) groups excluding carboxylic acids is 1. The van der Waals surface area contributed by atoms with E-state index in [4.69, 9.17) is 14.6 Å². The number of ether oxygens (including phenoxy) is 2. The van der Waals surface area contributed by atoms with Gasteiger partial charge in [0.2, 0.25) is 0 Å². The van der Waals surface area contributed by atoms with Crippen LogP contribution in [0.5, 0.6) is 11.5 Å². The molecule has 2 unspecified atom stereocenters. The van der Waals surface area contributed by atoms with Crippen LogP contribution in [0, 0.1) is 17.2 Å². The highest BCUT2D eigenvalue weighted by atomic mass is 16.5. The Labute approximate surface area is 158 Å². The van der Waals surface area contributed by atoms with Gasteiger partial charge in [-0.25, -0.2) is 4.79 Å². The molecular formula is C19H25N3O5. The first-order valence-electron chi connectivity index (χ1n) is 8.37. The summed E-state index contributed by atoms with van der Waals surface area (Å²) >= 11 is 0. The number of hydrogen-bond acceptors (Lipinski definition) is 6. The molecule has 1 amide bonds. The number of rotatable bonds is 9. The number of nitriles is 1. The number of amides is 1. The van der Waals surface area contributed by atoms with Crippen molar-refractivity contribution in [2.45, 2.75) is 32.9 Å². The molecule has 3 N–H and O–H groups in total. The van der Waals surface area contributed by atoms with Gasteiger partial charge in [-0.1, -0.05) is 19.9 Å². The van der Waals surface area contributed by atoms with Gasteiger partial charge in [0.05, 0.1) is 14.2 Å². The SMILES string of the molecule is COc1ccc(C(C)N/C=C(/C#N)C(=O)NC(C(=O)O)C(C)C)cc1OC. The van der Waals surface area contributed by atoms with Crippen LogP contribution in [0.15, 0.2) is 30.0 Å². The number of aliphatic carboxylic acids is 1. The molecule has 1 rings (SSSR count). The van der Waals surface area contributed by atoms with Crippen molar-refractivity contribution >= 4 is 11.9 Å². The van der Waals surface area contributed by atoms with E-state index in [-0.39, 0.29) is 17.5 Å². The maximum absolute atomic E-state index is 12.2. The first kappa shape index (κ1) is 21.8. The van der Waals surface area contributed by atoms with Gasteiger partial charge >= 0.3 is 5.97 Å². The van der Waals surface area contributed by atoms with E-state index in [1.165, 1.54) is 13.3 Å². The minimum absolute atomic E-state index is 0.214. The number of methoxy groups -OCH3 is 2. The van der Waals surface area contributed by atoms with Gasteiger partial charge in [0.25, 0.3) is 5.91 Å². The van der Waals surface area contributed by atoms with Crippen LogP contribution in [0.25, 0.3) is 0 Å². The Hall–Kier alpha value is -3.21. The summed E-state index contributed by atoms with van der Waals surface area (Å²) in [4.78, 5) is 23.4. The van der Waals surface area contributed by atoms with Crippen molar-refractivity contribution < 1.29 is 24.2 Å². The van der Waals surface area contributed by atoms with E-state index in [9.17, 15) is 14.9 Å². The summed E-state index contributed by atoms with van der Waals surface area (Å²) in [6.45, 7) is 5.19. The fourth-order valence-electron chi connectivity index (χ4n) is 2.31. The fraction of sp³-hybridized carbons (Fsp3) is 0.421. The summed E-state index contributed by atoms with van der Waals surface area (Å²) in [5, 5.41) is 23.7. The van der Waals surface area contributed by atoms with Gasteiger partial charge in [-0.05, 0) is 30.5 Å². The van der Waals surface area contributed by atoms with Gasteiger partial charge in [-0.2, -0.15) is 5.26 Å². The first-order valence-corrected chi connectivity index (χ1v) is 8.37. The minimum Gasteiger partial charge on any atom is -0.493 e. The van der Waals surface area contributed by atoms with E-state index in [0.717, 1.165) is 5.56 Å². The van der Waals surface area contributed by atoms with Crippen molar-refractivity contribution in [3.05, 3.63) is 35.5 Å². The number of nitrogens with zero attached hydrogens (tertiary/aromatic N) is 1. The Kier molecular flexibility index (Phi) is 8.14. The monoisotopic (exact) mass is 375 g/mol. The fourth-order valence-corrected chi connectivity index (χ4v) is 2.31. The minimum atomic E-state index is -1.15. The van der Waals surface area contributed by atoms with Crippen LogP contribution in [0.4, 0.5) is 0 Å². The van der Waals surface area contributed by atoms with Crippen LogP contribution >= 0.6 is 0 Å². The lowest BCUT2D eigenvalue weighted by molar-refractivity contribution is -0.142. The molecule has 1 aromatic carbocycles. The quantitative estimate of drug-likeness (QED) is 0.446. The average Bonchev–Trinajstić information content (AvgIpc) is 2.65. The Morgan fingerprint density at radius 1 is 1.19 bits per heavy atom. The largest absolute Gasteiger partial charge is 0.493 e. The smallest absolute Gasteiger partial charge is 0.326 e. The van der Waals surface area contributed by atoms with Gasteiger partial charge in [-0.15, -0.1) is 0 Å². The topological polar surface area (TPSA) is 121 Å². The maximum atomic E-state index is 12.2. The van der Waals surface area contributed by atoms with Crippen LogP contribution in [0.1, 0.15) is 32.4 Å². The van der Waals surface area contributed by atoms with Crippen LogP contribution < -0.4 is 20.1 Å². The zero-order chi connectivity index (χ0) is 20.6. The van der Waals surface area contributed by atoms with Crippen LogP contribution in [0.3, 0.4) is 0 Å². The number of carbonyl (C=O) groups is 2. The molecule has 0 saturated carbocycles. The third-order valence-corrected chi connectivity index (χ3v) is 3.97. The van der Waals surface area contributed by atoms with Crippen LogP contribution in [-0.4, -0.2) is 37.2 Å². The number of carboxylic acid groups (broad SMARTS) is 1. The molecule has 0 aromatic heterocycles. The van der Waals surface area contributed by atoms with Crippen molar-refractivity contribution in [1.29, 1.82) is 5.26 Å². The molecule has 0 fully saturated rings. The zero-order valence-electron chi connectivity index (χ0n) is 16.1. The second-order valence-electron chi connectivity index (χ2n) is 6.21. The van der Waals surface area contributed by atoms with E-state index in [1.54, 1.807) is 39.2 Å². The summed E-state index contributed by atoms with van der Waals surface area (Å²) in [7, 11) is 3.08. The third kappa shape index (κ3) is 5.92. The summed E-state index contributed by atoms with van der Waals surface area (Å²) in [6, 6.07) is 5.85.